The molecule has 0 unspecified atom stereocenters. The Morgan fingerprint density at radius 3 is 2.24 bits per heavy atom. The highest BCUT2D eigenvalue weighted by molar-refractivity contribution is 5.57. The maximum atomic E-state index is 10.6. The van der Waals surface area contributed by atoms with Crippen molar-refractivity contribution in [1.29, 1.82) is 0 Å². The maximum Gasteiger partial charge on any atom is 0.229 e. The van der Waals surface area contributed by atoms with Gasteiger partial charge in [0.25, 0.3) is 0 Å². The molecule has 2 heterocycles. The van der Waals surface area contributed by atoms with E-state index < -0.39 is 54.9 Å². The second-order valence-electron chi connectivity index (χ2n) is 9.68. The van der Waals surface area contributed by atoms with Gasteiger partial charge in [-0.1, -0.05) is 6.07 Å². The standard InChI is InChI=1S/C26H32O11/c1-33-17-7-12(3-4-16(17)35-25-22(31)21(30)20(29)19(11-28)36-25)23-15(10-27)14-8-13(26(32)5-6-26)9-18(34-2)24(14)37-23/h3-4,7-9,15,19-23,25,27-32H,5-6,10-11H2,1-2H3/t15-,19+,20-,21-,22+,23+,25-/m0/s1. The molecule has 11 heteroatoms. The minimum Gasteiger partial charge on any atom is -0.493 e. The van der Waals surface area contributed by atoms with E-state index in [4.69, 9.17) is 23.7 Å². The number of benzene rings is 2. The minimum atomic E-state index is -1.58. The Morgan fingerprint density at radius 1 is 0.892 bits per heavy atom. The highest BCUT2D eigenvalue weighted by Gasteiger charge is 2.46. The number of aliphatic hydroxyl groups excluding tert-OH is 5. The first-order chi connectivity index (χ1) is 17.7. The van der Waals surface area contributed by atoms with Crippen molar-refractivity contribution in [3.63, 3.8) is 0 Å². The average molecular weight is 521 g/mol. The first kappa shape index (κ1) is 26.0. The van der Waals surface area contributed by atoms with Crippen molar-refractivity contribution < 1.29 is 54.3 Å². The third kappa shape index (κ3) is 4.50. The summed E-state index contributed by atoms with van der Waals surface area (Å²) in [5.74, 6) is 0.990. The normalized spacial score (nSPS) is 31.8. The largest absolute Gasteiger partial charge is 0.493 e. The summed E-state index contributed by atoms with van der Waals surface area (Å²) in [6.45, 7) is -0.792. The van der Waals surface area contributed by atoms with Crippen molar-refractivity contribution in [1.82, 2.24) is 0 Å². The summed E-state index contributed by atoms with van der Waals surface area (Å²) in [5.41, 5.74) is 1.25. The fourth-order valence-electron chi connectivity index (χ4n) is 4.97. The number of hydrogen-bond donors (Lipinski definition) is 6. The van der Waals surface area contributed by atoms with Crippen LogP contribution in [0.25, 0.3) is 0 Å². The third-order valence-electron chi connectivity index (χ3n) is 7.38. The lowest BCUT2D eigenvalue weighted by atomic mass is 9.89. The lowest BCUT2D eigenvalue weighted by Crippen LogP contribution is -2.60. The lowest BCUT2D eigenvalue weighted by Gasteiger charge is -2.39. The van der Waals surface area contributed by atoms with Crippen LogP contribution in [0.2, 0.25) is 0 Å². The molecule has 1 saturated heterocycles. The molecular weight excluding hydrogens is 488 g/mol. The van der Waals surface area contributed by atoms with Crippen LogP contribution in [0.4, 0.5) is 0 Å². The average Bonchev–Trinajstić information content (AvgIpc) is 3.55. The molecular formula is C26H32O11. The zero-order valence-corrected chi connectivity index (χ0v) is 20.5. The molecule has 2 aromatic rings. The summed E-state index contributed by atoms with van der Waals surface area (Å²) in [5, 5.41) is 60.7. The van der Waals surface area contributed by atoms with E-state index in [2.05, 4.69) is 0 Å². The fraction of sp³-hybridized carbons (Fsp3) is 0.538. The molecule has 2 aromatic carbocycles. The van der Waals surface area contributed by atoms with Crippen molar-refractivity contribution >= 4 is 0 Å². The molecule has 2 aliphatic heterocycles. The van der Waals surface area contributed by atoms with Crippen LogP contribution in [0.3, 0.4) is 0 Å². The summed E-state index contributed by atoms with van der Waals surface area (Å²) < 4.78 is 28.5. The SMILES string of the molecule is COc1cc([C@H]2Oc3c(OC)cc(C4(O)CC4)cc3[C@@H]2CO)ccc1O[C@H]1O[C@H](CO)[C@H](O)[C@H](O)[C@H]1O. The zero-order chi connectivity index (χ0) is 26.5. The van der Waals surface area contributed by atoms with E-state index in [1.807, 2.05) is 6.07 Å². The van der Waals surface area contributed by atoms with E-state index >= 15 is 0 Å². The lowest BCUT2D eigenvalue weighted by molar-refractivity contribution is -0.277. The van der Waals surface area contributed by atoms with Gasteiger partial charge in [-0.25, -0.2) is 0 Å². The smallest absolute Gasteiger partial charge is 0.229 e. The Labute approximate surface area is 213 Å². The molecule has 2 fully saturated rings. The minimum absolute atomic E-state index is 0.183. The van der Waals surface area contributed by atoms with Crippen LogP contribution in [-0.2, 0) is 10.3 Å². The van der Waals surface area contributed by atoms with E-state index in [9.17, 15) is 30.6 Å². The first-order valence-electron chi connectivity index (χ1n) is 12.1. The highest BCUT2D eigenvalue weighted by Crippen LogP contribution is 2.55. The Kier molecular flexibility index (Phi) is 6.96. The van der Waals surface area contributed by atoms with Crippen molar-refractivity contribution in [2.45, 2.75) is 61.2 Å². The van der Waals surface area contributed by atoms with E-state index in [0.717, 1.165) is 11.1 Å². The molecule has 0 spiro atoms. The van der Waals surface area contributed by atoms with Gasteiger partial charge in [0.2, 0.25) is 6.29 Å². The molecule has 37 heavy (non-hydrogen) atoms. The van der Waals surface area contributed by atoms with Gasteiger partial charge in [-0.15, -0.1) is 0 Å². The van der Waals surface area contributed by atoms with E-state index in [-0.39, 0.29) is 18.1 Å². The Balaban J connectivity index is 1.42. The number of hydrogen-bond acceptors (Lipinski definition) is 11. The van der Waals surface area contributed by atoms with E-state index in [0.29, 0.717) is 29.9 Å². The number of ether oxygens (including phenoxy) is 5. The number of aliphatic hydroxyl groups is 6. The molecule has 1 aliphatic carbocycles. The van der Waals surface area contributed by atoms with E-state index in [1.165, 1.54) is 14.2 Å². The molecule has 1 saturated carbocycles. The number of rotatable bonds is 8. The van der Waals surface area contributed by atoms with Crippen LogP contribution >= 0.6 is 0 Å². The van der Waals surface area contributed by atoms with Crippen molar-refractivity contribution in [3.05, 3.63) is 47.0 Å². The van der Waals surface area contributed by atoms with Gasteiger partial charge in [0.1, 0.15) is 30.5 Å². The second kappa shape index (κ2) is 9.91. The molecule has 11 nitrogen and oxygen atoms in total. The summed E-state index contributed by atoms with van der Waals surface area (Å²) in [7, 11) is 2.95. The van der Waals surface area contributed by atoms with E-state index in [1.54, 1.807) is 24.3 Å². The molecule has 6 N–H and O–H groups in total. The molecule has 0 bridgehead atoms. The second-order valence-corrected chi connectivity index (χ2v) is 9.68. The Hall–Kier alpha value is -2.64. The van der Waals surface area contributed by atoms with Gasteiger partial charge in [-0.2, -0.15) is 0 Å². The van der Waals surface area contributed by atoms with Gasteiger partial charge in [-0.3, -0.25) is 0 Å². The van der Waals surface area contributed by atoms with Crippen molar-refractivity contribution in [3.8, 4) is 23.0 Å². The highest BCUT2D eigenvalue weighted by atomic mass is 16.7. The molecule has 0 aromatic heterocycles. The molecule has 7 atom stereocenters. The topological polar surface area (TPSA) is 168 Å². The van der Waals surface area contributed by atoms with Crippen LogP contribution in [0.15, 0.2) is 30.3 Å². The van der Waals surface area contributed by atoms with Gasteiger partial charge >= 0.3 is 0 Å². The summed E-state index contributed by atoms with van der Waals surface area (Å²) in [4.78, 5) is 0. The quantitative estimate of drug-likeness (QED) is 0.279. The molecule has 202 valence electrons. The van der Waals surface area contributed by atoms with Gasteiger partial charge in [0.05, 0.1) is 39.0 Å². The first-order valence-corrected chi connectivity index (χ1v) is 12.1. The van der Waals surface area contributed by atoms with Crippen LogP contribution in [-0.4, -0.2) is 88.8 Å². The number of methoxy groups -OCH3 is 2. The van der Waals surface area contributed by atoms with Gasteiger partial charge in [0.15, 0.2) is 23.0 Å². The van der Waals surface area contributed by atoms with Crippen LogP contribution in [0.5, 0.6) is 23.0 Å². The van der Waals surface area contributed by atoms with Gasteiger partial charge < -0.3 is 54.3 Å². The summed E-state index contributed by atoms with van der Waals surface area (Å²) in [6, 6.07) is 8.58. The van der Waals surface area contributed by atoms with Gasteiger partial charge in [0, 0.05) is 5.56 Å². The predicted molar refractivity (Wildman–Crippen MR) is 127 cm³/mol. The molecule has 0 radical (unpaired) electrons. The Bertz CT molecular complexity index is 1130. The van der Waals surface area contributed by atoms with Crippen LogP contribution in [0, 0.1) is 0 Å². The Morgan fingerprint density at radius 2 is 1.62 bits per heavy atom. The molecule has 0 amide bonds. The summed E-state index contributed by atoms with van der Waals surface area (Å²) >= 11 is 0. The number of fused-ring (bicyclic) bond motifs is 1. The van der Waals surface area contributed by atoms with Crippen LogP contribution in [0.1, 0.15) is 41.6 Å². The molecule has 5 rings (SSSR count). The third-order valence-corrected chi connectivity index (χ3v) is 7.38. The van der Waals surface area contributed by atoms with Gasteiger partial charge in [-0.05, 0) is 48.2 Å². The fourth-order valence-corrected chi connectivity index (χ4v) is 4.97. The predicted octanol–water partition coefficient (Wildman–Crippen LogP) is 0.0735. The van der Waals surface area contributed by atoms with Crippen molar-refractivity contribution in [2.24, 2.45) is 0 Å². The zero-order valence-electron chi connectivity index (χ0n) is 20.5. The monoisotopic (exact) mass is 520 g/mol. The maximum absolute atomic E-state index is 10.6. The summed E-state index contributed by atoms with van der Waals surface area (Å²) in [6.07, 6.45) is -6.40. The van der Waals surface area contributed by atoms with Crippen LogP contribution < -0.4 is 18.9 Å². The molecule has 3 aliphatic rings. The van der Waals surface area contributed by atoms with Crippen molar-refractivity contribution in [2.75, 3.05) is 27.4 Å².